The van der Waals surface area contributed by atoms with Crippen molar-refractivity contribution >= 4 is 23.2 Å². The van der Waals surface area contributed by atoms with Crippen molar-refractivity contribution in [2.24, 2.45) is 0 Å². The number of hydrogen-bond acceptors (Lipinski definition) is 6. The molecule has 2 atom stereocenters. The molecule has 144 valence electrons. The number of hydrogen-bond donors (Lipinski definition) is 4. The molecule has 28 heavy (non-hydrogen) atoms. The fourth-order valence-corrected chi connectivity index (χ4v) is 3.70. The zero-order chi connectivity index (χ0) is 19.7. The van der Waals surface area contributed by atoms with Gasteiger partial charge in [-0.3, -0.25) is 4.79 Å². The van der Waals surface area contributed by atoms with Crippen LogP contribution >= 0.6 is 11.6 Å². The van der Waals surface area contributed by atoms with Crippen LogP contribution in [0, 0.1) is 11.3 Å². The van der Waals surface area contributed by atoms with Gasteiger partial charge >= 0.3 is 0 Å². The molecule has 1 amide bonds. The van der Waals surface area contributed by atoms with E-state index in [0.29, 0.717) is 23.7 Å². The number of carbonyl (C=O) groups is 1. The largest absolute Gasteiger partial charge is 0.366 e. The molecule has 2 aliphatic rings. The number of carbonyl (C=O) groups excluding carboxylic acids is 1. The Labute approximate surface area is 168 Å². The van der Waals surface area contributed by atoms with Crippen molar-refractivity contribution in [1.29, 1.82) is 5.26 Å². The lowest BCUT2D eigenvalue weighted by Gasteiger charge is -2.30. The number of morpholine rings is 1. The van der Waals surface area contributed by atoms with Crippen molar-refractivity contribution in [2.75, 3.05) is 25.1 Å². The summed E-state index contributed by atoms with van der Waals surface area (Å²) in [6, 6.07) is 13.1. The minimum absolute atomic E-state index is 0.188. The van der Waals surface area contributed by atoms with E-state index >= 15 is 0 Å². The number of nitriles is 1. The van der Waals surface area contributed by atoms with Gasteiger partial charge in [-0.25, -0.2) is 5.43 Å². The highest BCUT2D eigenvalue weighted by molar-refractivity contribution is 6.33. The fourth-order valence-electron chi connectivity index (χ4n) is 3.47. The van der Waals surface area contributed by atoms with Gasteiger partial charge in [0.15, 0.2) is 0 Å². The summed E-state index contributed by atoms with van der Waals surface area (Å²) in [5, 5.41) is 15.9. The summed E-state index contributed by atoms with van der Waals surface area (Å²) < 4.78 is 5.55. The van der Waals surface area contributed by atoms with E-state index in [9.17, 15) is 10.1 Å². The zero-order valence-corrected chi connectivity index (χ0v) is 16.1. The van der Waals surface area contributed by atoms with E-state index < -0.39 is 11.8 Å². The lowest BCUT2D eigenvalue weighted by molar-refractivity contribution is -0.136. The third-order valence-electron chi connectivity index (χ3n) is 5.01. The van der Waals surface area contributed by atoms with E-state index in [1.165, 1.54) is 0 Å². The highest BCUT2D eigenvalue weighted by Crippen LogP contribution is 2.37. The van der Waals surface area contributed by atoms with Crippen molar-refractivity contribution in [3.05, 3.63) is 52.5 Å². The van der Waals surface area contributed by atoms with Crippen LogP contribution in [0.2, 0.25) is 5.02 Å². The topological polar surface area (TPSA) is 98.2 Å². The maximum absolute atomic E-state index is 12.7. The summed E-state index contributed by atoms with van der Waals surface area (Å²) >= 11 is 6.36. The number of nitrogens with one attached hydrogen (secondary N) is 4. The fraction of sp³-hybridized carbons (Fsp3) is 0.300. The van der Waals surface area contributed by atoms with Crippen molar-refractivity contribution in [3.63, 3.8) is 0 Å². The Bertz CT molecular complexity index is 968. The quantitative estimate of drug-likeness (QED) is 0.633. The van der Waals surface area contributed by atoms with Gasteiger partial charge in [0.25, 0.3) is 5.91 Å². The van der Waals surface area contributed by atoms with E-state index in [1.54, 1.807) is 18.2 Å². The average Bonchev–Trinajstić information content (AvgIpc) is 3.05. The Morgan fingerprint density at radius 2 is 2.21 bits per heavy atom. The molecule has 0 bridgehead atoms. The Balaban J connectivity index is 1.65. The predicted molar refractivity (Wildman–Crippen MR) is 106 cm³/mol. The van der Waals surface area contributed by atoms with Crippen LogP contribution in [0.5, 0.6) is 0 Å². The molecule has 0 aliphatic carbocycles. The standard InChI is InChI=1S/C20H20ClN5O2/c1-20(24-19(27)18-11-23-6-7-28-18)15-9-13(3-5-17(15)25-26-20)14-8-12(10-22)2-4-16(14)21/h2-5,8-9,18,23,25-26H,6-7,11H2,1H3,(H,24,27)/t18-,20?/m1/s1. The minimum atomic E-state index is -0.817. The average molecular weight is 398 g/mol. The second-order valence-electron chi connectivity index (χ2n) is 6.99. The Morgan fingerprint density at radius 1 is 1.36 bits per heavy atom. The molecule has 8 heteroatoms. The van der Waals surface area contributed by atoms with E-state index in [4.69, 9.17) is 16.3 Å². The molecule has 1 fully saturated rings. The lowest BCUT2D eigenvalue weighted by atomic mass is 9.95. The maximum atomic E-state index is 12.7. The van der Waals surface area contributed by atoms with Gasteiger partial charge < -0.3 is 20.8 Å². The van der Waals surface area contributed by atoms with Crippen LogP contribution in [0.15, 0.2) is 36.4 Å². The molecule has 0 radical (unpaired) electrons. The highest BCUT2D eigenvalue weighted by Gasteiger charge is 2.38. The number of hydrazine groups is 1. The molecule has 1 unspecified atom stereocenters. The normalized spacial score (nSPS) is 23.4. The molecule has 7 nitrogen and oxygen atoms in total. The summed E-state index contributed by atoms with van der Waals surface area (Å²) in [7, 11) is 0. The SMILES string of the molecule is CC1(NC(=O)[C@H]2CNCCO2)NNc2ccc(-c3cc(C#N)ccc3Cl)cc21. The van der Waals surface area contributed by atoms with Crippen molar-refractivity contribution in [2.45, 2.75) is 18.7 Å². The molecule has 4 N–H and O–H groups in total. The van der Waals surface area contributed by atoms with Gasteiger partial charge in [0.1, 0.15) is 11.8 Å². The number of nitrogens with zero attached hydrogens (tertiary/aromatic N) is 1. The van der Waals surface area contributed by atoms with Crippen molar-refractivity contribution in [1.82, 2.24) is 16.1 Å². The molecule has 0 spiro atoms. The highest BCUT2D eigenvalue weighted by atomic mass is 35.5. The molecule has 1 saturated heterocycles. The zero-order valence-electron chi connectivity index (χ0n) is 15.3. The number of benzene rings is 2. The molecule has 2 aromatic rings. The number of ether oxygens (including phenoxy) is 1. The first-order chi connectivity index (χ1) is 13.5. The molecule has 2 aliphatic heterocycles. The van der Waals surface area contributed by atoms with Gasteiger partial charge in [-0.1, -0.05) is 17.7 Å². The second-order valence-corrected chi connectivity index (χ2v) is 7.40. The van der Waals surface area contributed by atoms with Gasteiger partial charge in [0, 0.05) is 29.2 Å². The second kappa shape index (κ2) is 7.41. The van der Waals surface area contributed by atoms with Crippen LogP contribution in [-0.4, -0.2) is 31.7 Å². The first-order valence-electron chi connectivity index (χ1n) is 9.02. The Kier molecular flexibility index (Phi) is 4.96. The molecule has 4 rings (SSSR count). The smallest absolute Gasteiger partial charge is 0.252 e. The van der Waals surface area contributed by atoms with Crippen LogP contribution in [0.25, 0.3) is 11.1 Å². The van der Waals surface area contributed by atoms with Crippen molar-refractivity contribution in [3.8, 4) is 17.2 Å². The number of halogens is 1. The van der Waals surface area contributed by atoms with E-state index in [1.807, 2.05) is 25.1 Å². The maximum Gasteiger partial charge on any atom is 0.252 e. The number of anilines is 1. The molecule has 2 heterocycles. The van der Waals surface area contributed by atoms with Crippen LogP contribution in [-0.2, 0) is 15.2 Å². The number of rotatable bonds is 3. The molecule has 2 aromatic carbocycles. The van der Waals surface area contributed by atoms with Gasteiger partial charge in [-0.2, -0.15) is 5.26 Å². The summed E-state index contributed by atoms with van der Waals surface area (Å²) in [6.45, 7) is 3.63. The minimum Gasteiger partial charge on any atom is -0.366 e. The summed E-state index contributed by atoms with van der Waals surface area (Å²) in [6.07, 6.45) is -0.527. The Morgan fingerprint density at radius 3 is 2.96 bits per heavy atom. The lowest BCUT2D eigenvalue weighted by Crippen LogP contribution is -2.57. The van der Waals surface area contributed by atoms with Crippen LogP contribution < -0.4 is 21.5 Å². The van der Waals surface area contributed by atoms with Gasteiger partial charge in [0.05, 0.1) is 23.9 Å². The van der Waals surface area contributed by atoms with E-state index in [-0.39, 0.29) is 5.91 Å². The first kappa shape index (κ1) is 18.7. The van der Waals surface area contributed by atoms with Gasteiger partial charge in [-0.15, -0.1) is 0 Å². The van der Waals surface area contributed by atoms with Crippen LogP contribution in [0.4, 0.5) is 5.69 Å². The third kappa shape index (κ3) is 3.43. The van der Waals surface area contributed by atoms with Crippen LogP contribution in [0.3, 0.4) is 0 Å². The first-order valence-corrected chi connectivity index (χ1v) is 9.40. The van der Waals surface area contributed by atoms with E-state index in [0.717, 1.165) is 28.9 Å². The third-order valence-corrected chi connectivity index (χ3v) is 5.33. The Hall–Kier alpha value is -2.63. The van der Waals surface area contributed by atoms with Gasteiger partial charge in [0.2, 0.25) is 0 Å². The summed E-state index contributed by atoms with van der Waals surface area (Å²) in [5.74, 6) is -0.188. The molecular weight excluding hydrogens is 378 g/mol. The predicted octanol–water partition coefficient (Wildman–Crippen LogP) is 2.09. The summed E-state index contributed by atoms with van der Waals surface area (Å²) in [5.41, 5.74) is 9.34. The van der Waals surface area contributed by atoms with Gasteiger partial charge in [-0.05, 0) is 42.8 Å². The van der Waals surface area contributed by atoms with Crippen molar-refractivity contribution < 1.29 is 9.53 Å². The van der Waals surface area contributed by atoms with E-state index in [2.05, 4.69) is 27.6 Å². The molecule has 0 aromatic heterocycles. The monoisotopic (exact) mass is 397 g/mol. The number of amides is 1. The summed E-state index contributed by atoms with van der Waals surface area (Å²) in [4.78, 5) is 12.7. The van der Waals surface area contributed by atoms with Crippen LogP contribution in [0.1, 0.15) is 18.1 Å². The molecular formula is C20H20ClN5O2. The number of fused-ring (bicyclic) bond motifs is 1. The molecule has 0 saturated carbocycles.